The number of carbonyl (C=O) groups is 1. The molecule has 1 amide bonds. The van der Waals surface area contributed by atoms with Crippen molar-refractivity contribution in [1.82, 2.24) is 9.47 Å². The molecule has 42 heavy (non-hydrogen) atoms. The molecule has 0 radical (unpaired) electrons. The van der Waals surface area contributed by atoms with Crippen molar-refractivity contribution < 1.29 is 14.3 Å². The van der Waals surface area contributed by atoms with Gasteiger partial charge in [-0.15, -0.1) is 0 Å². The number of nitrogens with zero attached hydrogens (tertiary/aromatic N) is 3. The zero-order valence-corrected chi connectivity index (χ0v) is 26.4. The fourth-order valence-corrected chi connectivity index (χ4v) is 6.87. The van der Waals surface area contributed by atoms with Crippen LogP contribution in [0.5, 0.6) is 11.5 Å². The largest absolute Gasteiger partial charge is 0.496 e. The lowest BCUT2D eigenvalue weighted by atomic mass is 9.90. The average molecular weight is 647 g/mol. The zero-order chi connectivity index (χ0) is 30.0. The summed E-state index contributed by atoms with van der Waals surface area (Å²) in [6.07, 6.45) is 3.53. The number of ether oxygens (including phenoxy) is 2. The van der Waals surface area contributed by atoms with Crippen LogP contribution in [0.15, 0.2) is 92.8 Å². The molecule has 0 aliphatic carbocycles. The second-order valence-electron chi connectivity index (χ2n) is 9.75. The smallest absolute Gasteiger partial charge is 0.271 e. The molecule has 1 aromatic heterocycles. The van der Waals surface area contributed by atoms with Crippen LogP contribution in [0.1, 0.15) is 37.9 Å². The van der Waals surface area contributed by atoms with Gasteiger partial charge in [-0.25, -0.2) is 4.99 Å². The molecule has 0 spiro atoms. The topological polar surface area (TPSA) is 73.1 Å². The van der Waals surface area contributed by atoms with Gasteiger partial charge in [0.2, 0.25) is 0 Å². The van der Waals surface area contributed by atoms with Crippen molar-refractivity contribution in [2.75, 3.05) is 26.8 Å². The molecule has 0 bridgehead atoms. The molecule has 3 aromatic carbocycles. The van der Waals surface area contributed by atoms with E-state index >= 15 is 0 Å². The first-order chi connectivity index (χ1) is 20.3. The molecule has 1 atom stereocenters. The molecule has 1 aliphatic rings. The van der Waals surface area contributed by atoms with Gasteiger partial charge in [0.25, 0.3) is 11.5 Å². The molecule has 0 N–H and O–H groups in total. The third-order valence-corrected chi connectivity index (χ3v) is 8.94. The molecule has 2 heterocycles. The van der Waals surface area contributed by atoms with Crippen LogP contribution in [-0.4, -0.2) is 42.2 Å². The number of rotatable bonds is 9. The van der Waals surface area contributed by atoms with Crippen LogP contribution in [0.4, 0.5) is 0 Å². The number of methoxy groups -OCH3 is 1. The van der Waals surface area contributed by atoms with E-state index < -0.39 is 6.04 Å². The maximum absolute atomic E-state index is 14.3. The van der Waals surface area contributed by atoms with E-state index in [0.29, 0.717) is 51.8 Å². The molecule has 0 saturated carbocycles. The zero-order valence-electron chi connectivity index (χ0n) is 24.0. The first-order valence-corrected chi connectivity index (χ1v) is 15.3. The Kier molecular flexibility index (Phi) is 8.80. The Balaban J connectivity index is 1.78. The maximum atomic E-state index is 14.3. The predicted molar refractivity (Wildman–Crippen MR) is 172 cm³/mol. The van der Waals surface area contributed by atoms with E-state index in [4.69, 9.17) is 14.5 Å². The number of hydrogen-bond acceptors (Lipinski definition) is 6. The van der Waals surface area contributed by atoms with Crippen molar-refractivity contribution in [1.29, 1.82) is 0 Å². The lowest BCUT2D eigenvalue weighted by molar-refractivity contribution is -0.127. The van der Waals surface area contributed by atoms with Crippen LogP contribution < -0.4 is 24.4 Å². The average Bonchev–Trinajstić information content (AvgIpc) is 3.29. The highest BCUT2D eigenvalue weighted by molar-refractivity contribution is 9.10. The minimum Gasteiger partial charge on any atom is -0.496 e. The number of carbonyl (C=O) groups excluding carboxylic acids is 1. The number of allylic oxidation sites excluding steroid dienone is 1. The quantitative estimate of drug-likeness (QED) is 0.222. The summed E-state index contributed by atoms with van der Waals surface area (Å²) in [5.74, 6) is 1.15. The molecule has 4 aromatic rings. The number of amides is 1. The van der Waals surface area contributed by atoms with Crippen molar-refractivity contribution in [3.63, 3.8) is 0 Å². The van der Waals surface area contributed by atoms with Crippen molar-refractivity contribution >= 4 is 50.0 Å². The number of fused-ring (bicyclic) bond motifs is 2. The summed E-state index contributed by atoms with van der Waals surface area (Å²) in [6, 6.07) is 16.8. The Morgan fingerprint density at radius 1 is 1.14 bits per heavy atom. The van der Waals surface area contributed by atoms with E-state index in [1.807, 2.05) is 81.4 Å². The molecule has 5 rings (SSSR count). The number of thiazole rings is 1. The van der Waals surface area contributed by atoms with Crippen molar-refractivity contribution in [2.24, 2.45) is 4.99 Å². The van der Waals surface area contributed by atoms with Crippen molar-refractivity contribution in [3.05, 3.63) is 114 Å². The monoisotopic (exact) mass is 645 g/mol. The summed E-state index contributed by atoms with van der Waals surface area (Å²) in [5, 5.41) is 1.90. The normalized spacial score (nSPS) is 14.9. The molecule has 0 saturated heterocycles. The van der Waals surface area contributed by atoms with Crippen molar-refractivity contribution in [2.45, 2.75) is 26.8 Å². The Morgan fingerprint density at radius 2 is 1.88 bits per heavy atom. The lowest BCUT2D eigenvalue weighted by Crippen LogP contribution is -2.43. The summed E-state index contributed by atoms with van der Waals surface area (Å²) in [6.45, 7) is 10.9. The number of benzene rings is 3. The Hall–Kier alpha value is -3.95. The number of halogens is 1. The van der Waals surface area contributed by atoms with Gasteiger partial charge in [-0.05, 0) is 77.3 Å². The summed E-state index contributed by atoms with van der Waals surface area (Å²) in [4.78, 5) is 35.4. The van der Waals surface area contributed by atoms with Crippen LogP contribution >= 0.6 is 27.3 Å². The molecular weight excluding hydrogens is 614 g/mol. The van der Waals surface area contributed by atoms with Crippen LogP contribution in [0.25, 0.3) is 16.8 Å². The van der Waals surface area contributed by atoms with Crippen LogP contribution in [0.2, 0.25) is 0 Å². The highest BCUT2D eigenvalue weighted by atomic mass is 79.9. The van der Waals surface area contributed by atoms with Gasteiger partial charge in [0.05, 0.1) is 27.4 Å². The Bertz CT molecular complexity index is 1900. The summed E-state index contributed by atoms with van der Waals surface area (Å²) < 4.78 is 14.5. The number of hydrogen-bond donors (Lipinski definition) is 0. The minimum absolute atomic E-state index is 0.144. The first kappa shape index (κ1) is 29.5. The standard InChI is InChI=1S/C33H32BrN3O4S/c1-6-17-41-25-15-13-21(18-24(25)34)19-27-31(38)37-30(29-23-12-10-9-11-22(23)14-16-26(29)40-5)28(20(4)35-33(37)42-27)32(39)36(7-2)8-3/h6,9-16,18-19,30H,1,7-8,17H2,2-5H3/b27-19+/t30-/m0/s1. The van der Waals surface area contributed by atoms with Gasteiger partial charge in [0, 0.05) is 18.7 Å². The third-order valence-electron chi connectivity index (χ3n) is 7.34. The number of likely N-dealkylation sites (N-methyl/N-ethyl adjacent to an activating group) is 1. The summed E-state index contributed by atoms with van der Waals surface area (Å²) in [7, 11) is 1.61. The van der Waals surface area contributed by atoms with Crippen LogP contribution in [-0.2, 0) is 4.79 Å². The third kappa shape index (κ3) is 5.34. The molecule has 7 nitrogen and oxygen atoms in total. The van der Waals surface area contributed by atoms with Crippen LogP contribution in [0, 0.1) is 0 Å². The second kappa shape index (κ2) is 12.5. The van der Waals surface area contributed by atoms with Gasteiger partial charge in [-0.2, -0.15) is 0 Å². The maximum Gasteiger partial charge on any atom is 0.271 e. The highest BCUT2D eigenvalue weighted by Gasteiger charge is 2.36. The van der Waals surface area contributed by atoms with E-state index in [9.17, 15) is 9.59 Å². The second-order valence-corrected chi connectivity index (χ2v) is 11.6. The fourth-order valence-electron chi connectivity index (χ4n) is 5.31. The van der Waals surface area contributed by atoms with Gasteiger partial charge in [-0.3, -0.25) is 14.2 Å². The van der Waals surface area contributed by atoms with Gasteiger partial charge >= 0.3 is 0 Å². The molecule has 1 aliphatic heterocycles. The van der Waals surface area contributed by atoms with E-state index in [-0.39, 0.29) is 11.5 Å². The van der Waals surface area contributed by atoms with Gasteiger partial charge < -0.3 is 14.4 Å². The van der Waals surface area contributed by atoms with E-state index in [1.165, 1.54) is 11.3 Å². The molecule has 9 heteroatoms. The minimum atomic E-state index is -0.723. The predicted octanol–water partition coefficient (Wildman–Crippen LogP) is 5.59. The SMILES string of the molecule is C=CCOc1ccc(/C=c2/sc3n(c2=O)[C@H](c2c(OC)ccc4ccccc24)C(C(=O)N(CC)CC)=C(C)N=3)cc1Br. The molecule has 0 unspecified atom stereocenters. The first-order valence-electron chi connectivity index (χ1n) is 13.7. The van der Waals surface area contributed by atoms with E-state index in [0.717, 1.165) is 26.4 Å². The summed E-state index contributed by atoms with van der Waals surface area (Å²) >= 11 is 4.87. The summed E-state index contributed by atoms with van der Waals surface area (Å²) in [5.41, 5.74) is 2.43. The lowest BCUT2D eigenvalue weighted by Gasteiger charge is -2.30. The van der Waals surface area contributed by atoms with Gasteiger partial charge in [-0.1, -0.05) is 60.4 Å². The molecule has 216 valence electrons. The van der Waals surface area contributed by atoms with E-state index in [1.54, 1.807) is 22.7 Å². The molecular formula is C33H32BrN3O4S. The van der Waals surface area contributed by atoms with Crippen molar-refractivity contribution in [3.8, 4) is 11.5 Å². The van der Waals surface area contributed by atoms with Crippen LogP contribution in [0.3, 0.4) is 0 Å². The molecule has 0 fully saturated rings. The highest BCUT2D eigenvalue weighted by Crippen LogP contribution is 2.40. The van der Waals surface area contributed by atoms with E-state index in [2.05, 4.69) is 22.5 Å². The Morgan fingerprint density at radius 3 is 2.57 bits per heavy atom. The Labute approximate surface area is 256 Å². The fraction of sp³-hybridized carbons (Fsp3) is 0.242. The van der Waals surface area contributed by atoms with Gasteiger partial charge in [0.15, 0.2) is 4.80 Å². The van der Waals surface area contributed by atoms with Gasteiger partial charge in [0.1, 0.15) is 24.1 Å². The number of aromatic nitrogens is 1.